The third-order valence-corrected chi connectivity index (χ3v) is 3.71. The second kappa shape index (κ2) is 5.98. The monoisotopic (exact) mass is 365 g/mol. The van der Waals surface area contributed by atoms with Crippen LogP contribution in [0.1, 0.15) is 5.56 Å². The third-order valence-electron chi connectivity index (χ3n) is 3.22. The molecule has 3 nitrogen and oxygen atoms in total. The van der Waals surface area contributed by atoms with Gasteiger partial charge in [0.2, 0.25) is 0 Å². The Morgan fingerprint density at radius 2 is 1.95 bits per heavy atom. The lowest BCUT2D eigenvalue weighted by Crippen LogP contribution is -1.92. The Hall–Kier alpha value is -2.05. The van der Waals surface area contributed by atoms with E-state index in [0.29, 0.717) is 16.8 Å². The first-order chi connectivity index (χ1) is 10.6. The number of hydrogen-bond acceptors (Lipinski definition) is 3. The van der Waals surface area contributed by atoms with Gasteiger partial charge in [0, 0.05) is 10.0 Å². The van der Waals surface area contributed by atoms with E-state index in [1.807, 2.05) is 6.07 Å². The van der Waals surface area contributed by atoms with Crippen LogP contribution < -0.4 is 0 Å². The number of halogens is 3. The fourth-order valence-electron chi connectivity index (χ4n) is 2.20. The summed E-state index contributed by atoms with van der Waals surface area (Å²) in [7, 11) is 0. The van der Waals surface area contributed by atoms with E-state index >= 15 is 0 Å². The molecule has 0 radical (unpaired) electrons. The van der Waals surface area contributed by atoms with Crippen molar-refractivity contribution in [2.75, 3.05) is 0 Å². The Morgan fingerprint density at radius 3 is 2.68 bits per heavy atom. The maximum atomic E-state index is 13.9. The van der Waals surface area contributed by atoms with Crippen LogP contribution in [0.5, 0.6) is 0 Å². The molecule has 0 bridgehead atoms. The Kier molecular flexibility index (Phi) is 4.04. The highest BCUT2D eigenvalue weighted by Gasteiger charge is 2.21. The molecule has 3 aromatic rings. The summed E-state index contributed by atoms with van der Waals surface area (Å²) >= 11 is 3.35. The lowest BCUT2D eigenvalue weighted by molar-refractivity contribution is 0.281. The smallest absolute Gasteiger partial charge is 0.176 e. The van der Waals surface area contributed by atoms with E-state index < -0.39 is 18.2 Å². The highest BCUT2D eigenvalue weighted by Crippen LogP contribution is 2.34. The first kappa shape index (κ1) is 14.9. The van der Waals surface area contributed by atoms with Crippen molar-refractivity contribution in [2.24, 2.45) is 0 Å². The number of benzene rings is 2. The van der Waals surface area contributed by atoms with Crippen molar-refractivity contribution in [1.82, 2.24) is 5.16 Å². The molecule has 0 saturated carbocycles. The van der Waals surface area contributed by atoms with Gasteiger partial charge in [0.15, 0.2) is 5.76 Å². The minimum absolute atomic E-state index is 0.0227. The van der Waals surface area contributed by atoms with Crippen molar-refractivity contribution in [1.29, 1.82) is 0 Å². The Bertz CT molecular complexity index is 833. The highest BCUT2D eigenvalue weighted by molar-refractivity contribution is 9.10. The molecule has 1 aromatic heterocycles. The van der Waals surface area contributed by atoms with Crippen LogP contribution in [0, 0.1) is 11.6 Å². The molecule has 3 rings (SSSR count). The molecular weight excluding hydrogens is 356 g/mol. The van der Waals surface area contributed by atoms with Gasteiger partial charge in [-0.15, -0.1) is 0 Å². The molecule has 0 unspecified atom stereocenters. The molecule has 6 heteroatoms. The molecule has 1 N–H and O–H groups in total. The predicted molar refractivity (Wildman–Crippen MR) is 80.9 cm³/mol. The maximum Gasteiger partial charge on any atom is 0.176 e. The van der Waals surface area contributed by atoms with E-state index in [1.54, 1.807) is 18.2 Å². The lowest BCUT2D eigenvalue weighted by Gasteiger charge is -2.03. The van der Waals surface area contributed by atoms with Crippen LogP contribution in [0.25, 0.3) is 22.6 Å². The largest absolute Gasteiger partial charge is 0.391 e. The molecule has 2 aromatic carbocycles. The zero-order chi connectivity index (χ0) is 15.7. The van der Waals surface area contributed by atoms with Gasteiger partial charge < -0.3 is 9.63 Å². The highest BCUT2D eigenvalue weighted by atomic mass is 79.9. The first-order valence-electron chi connectivity index (χ1n) is 6.41. The molecule has 0 atom stereocenters. The van der Waals surface area contributed by atoms with Crippen molar-refractivity contribution in [3.05, 3.63) is 64.1 Å². The van der Waals surface area contributed by atoms with E-state index in [4.69, 9.17) is 4.52 Å². The summed E-state index contributed by atoms with van der Waals surface area (Å²) in [4.78, 5) is 0. The lowest BCUT2D eigenvalue weighted by atomic mass is 10.0. The van der Waals surface area contributed by atoms with Crippen LogP contribution in [0.2, 0.25) is 0 Å². The van der Waals surface area contributed by atoms with Crippen LogP contribution in [0.3, 0.4) is 0 Å². The van der Waals surface area contributed by atoms with Gasteiger partial charge in [-0.1, -0.05) is 33.2 Å². The molecule has 0 fully saturated rings. The molecule has 0 aliphatic rings. The number of nitrogens with zero attached hydrogens (tertiary/aromatic N) is 1. The van der Waals surface area contributed by atoms with E-state index in [9.17, 15) is 13.9 Å². The van der Waals surface area contributed by atoms with E-state index in [1.165, 1.54) is 0 Å². The summed E-state index contributed by atoms with van der Waals surface area (Å²) in [5, 5.41) is 13.5. The Balaban J connectivity index is 2.17. The summed E-state index contributed by atoms with van der Waals surface area (Å²) in [6.07, 6.45) is 0. The standard InChI is InChI=1S/C16H10BrF2NO2/c17-10-3-1-2-9(6-10)15-13(8-21)16(22-20-15)12-7-11(18)4-5-14(12)19/h1-7,21H,8H2. The van der Waals surface area contributed by atoms with E-state index in [-0.39, 0.29) is 11.3 Å². The van der Waals surface area contributed by atoms with Crippen LogP contribution in [-0.4, -0.2) is 10.3 Å². The molecule has 22 heavy (non-hydrogen) atoms. The quantitative estimate of drug-likeness (QED) is 0.740. The van der Waals surface area contributed by atoms with Gasteiger partial charge in [0.05, 0.1) is 17.7 Å². The van der Waals surface area contributed by atoms with Crippen molar-refractivity contribution >= 4 is 15.9 Å². The summed E-state index contributed by atoms with van der Waals surface area (Å²) in [6.45, 7) is -0.406. The minimum Gasteiger partial charge on any atom is -0.391 e. The zero-order valence-corrected chi connectivity index (χ0v) is 12.8. The maximum absolute atomic E-state index is 13.9. The Labute approximate surface area is 133 Å². The number of aliphatic hydroxyl groups excluding tert-OH is 1. The van der Waals surface area contributed by atoms with Crippen molar-refractivity contribution in [3.63, 3.8) is 0 Å². The Morgan fingerprint density at radius 1 is 1.14 bits per heavy atom. The van der Waals surface area contributed by atoms with Crippen LogP contribution in [0.4, 0.5) is 8.78 Å². The fourth-order valence-corrected chi connectivity index (χ4v) is 2.60. The van der Waals surface area contributed by atoms with E-state index in [0.717, 1.165) is 22.7 Å². The minimum atomic E-state index is -0.645. The number of aliphatic hydroxyl groups is 1. The fraction of sp³-hybridized carbons (Fsp3) is 0.0625. The summed E-state index contributed by atoms with van der Waals surface area (Å²) in [5.41, 5.74) is 1.33. The molecular formula is C16H10BrF2NO2. The summed E-state index contributed by atoms with van der Waals surface area (Å²) in [6, 6.07) is 10.3. The first-order valence-corrected chi connectivity index (χ1v) is 7.20. The molecule has 112 valence electrons. The number of rotatable bonds is 3. The van der Waals surface area contributed by atoms with Gasteiger partial charge in [-0.2, -0.15) is 0 Å². The van der Waals surface area contributed by atoms with Gasteiger partial charge in [-0.05, 0) is 30.3 Å². The van der Waals surface area contributed by atoms with Crippen molar-refractivity contribution in [3.8, 4) is 22.6 Å². The topological polar surface area (TPSA) is 46.3 Å². The molecule has 0 spiro atoms. The van der Waals surface area contributed by atoms with Crippen LogP contribution >= 0.6 is 15.9 Å². The van der Waals surface area contributed by atoms with Gasteiger partial charge in [0.1, 0.15) is 17.3 Å². The van der Waals surface area contributed by atoms with Gasteiger partial charge in [-0.3, -0.25) is 0 Å². The van der Waals surface area contributed by atoms with Gasteiger partial charge in [0.25, 0.3) is 0 Å². The molecule has 1 heterocycles. The van der Waals surface area contributed by atoms with Crippen molar-refractivity contribution < 1.29 is 18.4 Å². The predicted octanol–water partition coefficient (Wildman–Crippen LogP) is 4.54. The third kappa shape index (κ3) is 2.67. The average Bonchev–Trinajstić information content (AvgIpc) is 2.93. The second-order valence-corrected chi connectivity index (χ2v) is 5.55. The molecule has 0 aliphatic heterocycles. The number of aromatic nitrogens is 1. The molecule has 0 aliphatic carbocycles. The van der Waals surface area contributed by atoms with Crippen molar-refractivity contribution in [2.45, 2.75) is 6.61 Å². The normalized spacial score (nSPS) is 10.9. The second-order valence-electron chi connectivity index (χ2n) is 4.63. The summed E-state index contributed by atoms with van der Waals surface area (Å²) < 4.78 is 33.3. The van der Waals surface area contributed by atoms with Crippen LogP contribution in [-0.2, 0) is 6.61 Å². The molecule has 0 saturated heterocycles. The van der Waals surface area contributed by atoms with E-state index in [2.05, 4.69) is 21.1 Å². The average molecular weight is 366 g/mol. The number of hydrogen-bond donors (Lipinski definition) is 1. The zero-order valence-electron chi connectivity index (χ0n) is 11.2. The summed E-state index contributed by atoms with van der Waals surface area (Å²) in [5.74, 6) is -1.22. The molecule has 0 amide bonds. The van der Waals surface area contributed by atoms with Gasteiger partial charge in [-0.25, -0.2) is 8.78 Å². The SMILES string of the molecule is OCc1c(-c2cccc(Br)c2)noc1-c1cc(F)ccc1F. The van der Waals surface area contributed by atoms with Gasteiger partial charge >= 0.3 is 0 Å². The van der Waals surface area contributed by atoms with Crippen LogP contribution in [0.15, 0.2) is 51.5 Å².